The number of rotatable bonds is 8. The Labute approximate surface area is 179 Å². The smallest absolute Gasteiger partial charge is 0.303 e. The molecule has 1 aliphatic rings. The van der Waals surface area contributed by atoms with Gasteiger partial charge in [-0.05, 0) is 49.6 Å². The van der Waals surface area contributed by atoms with Crippen LogP contribution in [0.4, 0.5) is 4.39 Å². The zero-order chi connectivity index (χ0) is 22.5. The molecule has 1 saturated heterocycles. The first-order chi connectivity index (χ1) is 14.8. The minimum atomic E-state index is -0.876. The maximum atomic E-state index is 13.3. The van der Waals surface area contributed by atoms with Crippen LogP contribution in [0, 0.1) is 12.7 Å². The normalized spacial score (nSPS) is 17.9. The van der Waals surface area contributed by atoms with Crippen molar-refractivity contribution in [2.45, 2.75) is 38.6 Å². The average molecular weight is 425 g/mol. The van der Waals surface area contributed by atoms with E-state index in [0.717, 1.165) is 5.56 Å². The van der Waals surface area contributed by atoms with Gasteiger partial charge in [0, 0.05) is 18.5 Å². The highest BCUT2D eigenvalue weighted by molar-refractivity contribution is 6.46. The Morgan fingerprint density at radius 1 is 0.968 bits per heavy atom. The number of carboxylic acids is 1. The third-order valence-corrected chi connectivity index (χ3v) is 5.34. The number of nitrogens with zero attached hydrogens (tertiary/aromatic N) is 1. The molecule has 0 unspecified atom stereocenters. The minimum Gasteiger partial charge on any atom is -0.507 e. The van der Waals surface area contributed by atoms with E-state index >= 15 is 0 Å². The summed E-state index contributed by atoms with van der Waals surface area (Å²) in [5.41, 5.74) is 1.90. The lowest BCUT2D eigenvalue weighted by atomic mass is 9.94. The molecular weight excluding hydrogens is 401 g/mol. The number of aliphatic hydroxyl groups is 1. The molecule has 1 amide bonds. The van der Waals surface area contributed by atoms with Gasteiger partial charge >= 0.3 is 5.97 Å². The van der Waals surface area contributed by atoms with Crippen LogP contribution in [0.5, 0.6) is 0 Å². The van der Waals surface area contributed by atoms with E-state index in [1.54, 1.807) is 12.1 Å². The van der Waals surface area contributed by atoms with Crippen molar-refractivity contribution in [3.05, 3.63) is 76.6 Å². The van der Waals surface area contributed by atoms with Gasteiger partial charge in [-0.2, -0.15) is 0 Å². The van der Waals surface area contributed by atoms with Crippen molar-refractivity contribution in [2.24, 2.45) is 0 Å². The van der Waals surface area contributed by atoms with E-state index in [-0.39, 0.29) is 29.9 Å². The van der Waals surface area contributed by atoms with E-state index in [0.29, 0.717) is 24.8 Å². The maximum Gasteiger partial charge on any atom is 0.303 e. The van der Waals surface area contributed by atoms with Crippen LogP contribution in [0.25, 0.3) is 5.76 Å². The van der Waals surface area contributed by atoms with Gasteiger partial charge in [-0.25, -0.2) is 4.39 Å². The summed E-state index contributed by atoms with van der Waals surface area (Å²) in [4.78, 5) is 37.8. The molecule has 1 heterocycles. The number of likely N-dealkylation sites (tertiary alicyclic amines) is 1. The number of benzene rings is 2. The first kappa shape index (κ1) is 22.2. The number of halogens is 1. The molecule has 7 heteroatoms. The molecule has 2 aromatic carbocycles. The van der Waals surface area contributed by atoms with E-state index in [1.807, 2.05) is 19.1 Å². The largest absolute Gasteiger partial charge is 0.507 e. The quantitative estimate of drug-likeness (QED) is 0.286. The molecule has 0 aliphatic carbocycles. The number of carboxylic acid groups (broad SMARTS) is 1. The van der Waals surface area contributed by atoms with Gasteiger partial charge in [0.2, 0.25) is 0 Å². The van der Waals surface area contributed by atoms with Crippen LogP contribution in [-0.2, 0) is 14.4 Å². The topological polar surface area (TPSA) is 94.9 Å². The number of hydrogen-bond acceptors (Lipinski definition) is 4. The van der Waals surface area contributed by atoms with Gasteiger partial charge in [-0.3, -0.25) is 14.4 Å². The van der Waals surface area contributed by atoms with E-state index in [2.05, 4.69) is 0 Å². The lowest BCUT2D eigenvalue weighted by Gasteiger charge is -2.25. The lowest BCUT2D eigenvalue weighted by Crippen LogP contribution is -2.30. The molecule has 2 aromatic rings. The monoisotopic (exact) mass is 425 g/mol. The number of hydrogen-bond donors (Lipinski definition) is 2. The average Bonchev–Trinajstić information content (AvgIpc) is 2.99. The van der Waals surface area contributed by atoms with Gasteiger partial charge < -0.3 is 15.1 Å². The number of aliphatic carboxylic acids is 1. The molecule has 3 rings (SSSR count). The van der Waals surface area contributed by atoms with Gasteiger partial charge in [0.15, 0.2) is 0 Å². The third kappa shape index (κ3) is 4.99. The van der Waals surface area contributed by atoms with Gasteiger partial charge in [-0.1, -0.05) is 36.2 Å². The fourth-order valence-electron chi connectivity index (χ4n) is 3.70. The molecule has 0 spiro atoms. The Bertz CT molecular complexity index is 1010. The molecule has 1 aliphatic heterocycles. The number of carbonyl (C=O) groups excluding carboxylic acids is 2. The molecule has 162 valence electrons. The summed E-state index contributed by atoms with van der Waals surface area (Å²) in [6, 6.07) is 11.6. The van der Waals surface area contributed by atoms with Crippen molar-refractivity contribution in [1.29, 1.82) is 0 Å². The molecule has 0 saturated carbocycles. The predicted octanol–water partition coefficient (Wildman–Crippen LogP) is 4.20. The summed E-state index contributed by atoms with van der Waals surface area (Å²) in [6.45, 7) is 2.17. The Morgan fingerprint density at radius 3 is 2.23 bits per heavy atom. The number of Topliss-reactive ketones (excluding diaryl/α,β-unsaturated/α-hetero) is 1. The predicted molar refractivity (Wildman–Crippen MR) is 113 cm³/mol. The number of aliphatic hydroxyl groups excluding tert-OH is 1. The molecule has 1 fully saturated rings. The molecular formula is C24H24FNO5. The molecule has 0 radical (unpaired) electrons. The van der Waals surface area contributed by atoms with E-state index in [1.165, 1.54) is 29.2 Å². The zero-order valence-electron chi connectivity index (χ0n) is 17.2. The van der Waals surface area contributed by atoms with E-state index in [9.17, 15) is 23.9 Å². The van der Waals surface area contributed by atoms with Crippen LogP contribution in [0.1, 0.15) is 48.4 Å². The van der Waals surface area contributed by atoms with Gasteiger partial charge in [-0.15, -0.1) is 0 Å². The summed E-state index contributed by atoms with van der Waals surface area (Å²) >= 11 is 0. The molecule has 2 N–H and O–H groups in total. The van der Waals surface area contributed by atoms with Crippen molar-refractivity contribution in [2.75, 3.05) is 6.54 Å². The van der Waals surface area contributed by atoms with Crippen LogP contribution in [0.3, 0.4) is 0 Å². The summed E-state index contributed by atoms with van der Waals surface area (Å²) in [7, 11) is 0. The highest BCUT2D eigenvalue weighted by atomic mass is 19.1. The number of unbranched alkanes of at least 4 members (excludes halogenated alkanes) is 2. The van der Waals surface area contributed by atoms with Crippen molar-refractivity contribution in [3.63, 3.8) is 0 Å². The second-order valence-electron chi connectivity index (χ2n) is 7.61. The Kier molecular flexibility index (Phi) is 6.84. The third-order valence-electron chi connectivity index (χ3n) is 5.34. The van der Waals surface area contributed by atoms with Gasteiger partial charge in [0.1, 0.15) is 11.6 Å². The summed E-state index contributed by atoms with van der Waals surface area (Å²) < 4.78 is 13.3. The number of carbonyl (C=O) groups is 3. The van der Waals surface area contributed by atoms with Crippen molar-refractivity contribution in [3.8, 4) is 0 Å². The van der Waals surface area contributed by atoms with Gasteiger partial charge in [0.25, 0.3) is 11.7 Å². The van der Waals surface area contributed by atoms with E-state index < -0.39 is 29.5 Å². The standard InChI is InChI=1S/C24H24FNO5/c1-15-6-8-16(9-7-15)21-20(22(29)17-10-12-18(25)13-11-17)23(30)24(31)26(21)14-4-2-3-5-19(27)28/h6-13,21,29H,2-5,14H2,1H3,(H,27,28)/t21-/m0/s1. The Hall–Kier alpha value is -3.48. The first-order valence-corrected chi connectivity index (χ1v) is 10.1. The SMILES string of the molecule is Cc1ccc([C@H]2C(=C(O)c3ccc(F)cc3)C(=O)C(=O)N2CCCCCC(=O)O)cc1. The zero-order valence-corrected chi connectivity index (χ0v) is 17.2. The van der Waals surface area contributed by atoms with Crippen LogP contribution >= 0.6 is 0 Å². The Morgan fingerprint density at radius 2 is 1.61 bits per heavy atom. The second kappa shape index (κ2) is 9.55. The fourth-order valence-corrected chi connectivity index (χ4v) is 3.70. The van der Waals surface area contributed by atoms with Crippen molar-refractivity contribution < 1.29 is 29.0 Å². The summed E-state index contributed by atoms with van der Waals surface area (Å²) in [5.74, 6) is -3.21. The minimum absolute atomic E-state index is 0.0361. The second-order valence-corrected chi connectivity index (χ2v) is 7.61. The summed E-state index contributed by atoms with van der Waals surface area (Å²) in [6.07, 6.45) is 1.64. The highest BCUT2D eigenvalue weighted by Crippen LogP contribution is 2.39. The number of aryl methyl sites for hydroxylation is 1. The molecule has 0 aromatic heterocycles. The lowest BCUT2D eigenvalue weighted by molar-refractivity contribution is -0.140. The first-order valence-electron chi connectivity index (χ1n) is 10.1. The van der Waals surface area contributed by atoms with Crippen LogP contribution in [0.2, 0.25) is 0 Å². The molecule has 6 nitrogen and oxygen atoms in total. The number of ketones is 1. The molecule has 1 atom stereocenters. The van der Waals surface area contributed by atoms with Gasteiger partial charge in [0.05, 0.1) is 11.6 Å². The van der Waals surface area contributed by atoms with Crippen molar-refractivity contribution >= 4 is 23.4 Å². The van der Waals surface area contributed by atoms with Crippen LogP contribution in [0.15, 0.2) is 54.1 Å². The summed E-state index contributed by atoms with van der Waals surface area (Å²) in [5, 5.41) is 19.6. The molecule has 0 bridgehead atoms. The molecule has 31 heavy (non-hydrogen) atoms. The van der Waals surface area contributed by atoms with Crippen molar-refractivity contribution in [1.82, 2.24) is 4.90 Å². The highest BCUT2D eigenvalue weighted by Gasteiger charge is 2.45. The van der Waals surface area contributed by atoms with Crippen LogP contribution < -0.4 is 0 Å². The Balaban J connectivity index is 1.96. The van der Waals surface area contributed by atoms with Crippen LogP contribution in [-0.4, -0.2) is 39.3 Å². The number of amides is 1. The maximum absolute atomic E-state index is 13.3. The van der Waals surface area contributed by atoms with E-state index in [4.69, 9.17) is 5.11 Å². The fraction of sp³-hybridized carbons (Fsp3) is 0.292.